The molecule has 0 bridgehead atoms. The van der Waals surface area contributed by atoms with Crippen LogP contribution in [-0.4, -0.2) is 24.2 Å². The molecule has 4 nitrogen and oxygen atoms in total. The molecule has 31 heavy (non-hydrogen) atoms. The zero-order valence-corrected chi connectivity index (χ0v) is 19.0. The Balaban J connectivity index is 1.67. The van der Waals surface area contributed by atoms with Crippen molar-refractivity contribution in [3.8, 4) is 0 Å². The Morgan fingerprint density at radius 1 is 1.06 bits per heavy atom. The van der Waals surface area contributed by atoms with Crippen molar-refractivity contribution in [3.05, 3.63) is 58.3 Å². The van der Waals surface area contributed by atoms with E-state index in [9.17, 15) is 9.18 Å². The molecule has 1 heterocycles. The zero-order chi connectivity index (χ0) is 22.0. The molecule has 0 spiro atoms. The number of amides is 1. The zero-order valence-electron chi connectivity index (χ0n) is 17.5. The van der Waals surface area contributed by atoms with Gasteiger partial charge in [0.1, 0.15) is 11.5 Å². The van der Waals surface area contributed by atoms with Crippen LogP contribution in [0.4, 0.5) is 15.8 Å². The minimum Gasteiger partial charge on any atom is -0.304 e. The van der Waals surface area contributed by atoms with Gasteiger partial charge in [0.2, 0.25) is 0 Å². The van der Waals surface area contributed by atoms with E-state index in [1.54, 1.807) is 29.3 Å². The summed E-state index contributed by atoms with van der Waals surface area (Å²) in [4.78, 5) is 15.6. The molecular formula is C24H26Cl2FN3O. The molecule has 2 aliphatic rings. The first-order valence-electron chi connectivity index (χ1n) is 10.8. The second kappa shape index (κ2) is 9.58. The van der Waals surface area contributed by atoms with Gasteiger partial charge in [-0.1, -0.05) is 55.8 Å². The van der Waals surface area contributed by atoms with Crippen LogP contribution in [0.3, 0.4) is 0 Å². The van der Waals surface area contributed by atoms with Crippen LogP contribution in [0.15, 0.2) is 47.6 Å². The van der Waals surface area contributed by atoms with Crippen LogP contribution < -0.4 is 9.91 Å². The van der Waals surface area contributed by atoms with Gasteiger partial charge in [-0.2, -0.15) is 5.10 Å². The van der Waals surface area contributed by atoms with Gasteiger partial charge < -0.3 is 4.90 Å². The number of anilines is 2. The molecule has 0 N–H and O–H groups in total. The maximum atomic E-state index is 13.8. The van der Waals surface area contributed by atoms with Crippen molar-refractivity contribution >= 4 is 46.2 Å². The van der Waals surface area contributed by atoms with Crippen molar-refractivity contribution in [1.29, 1.82) is 0 Å². The second-order valence-corrected chi connectivity index (χ2v) is 9.20. The number of halogens is 3. The van der Waals surface area contributed by atoms with Gasteiger partial charge in [0.05, 0.1) is 17.3 Å². The lowest BCUT2D eigenvalue weighted by Gasteiger charge is -2.32. The average Bonchev–Trinajstić information content (AvgIpc) is 2.94. The molecule has 1 aliphatic heterocycles. The van der Waals surface area contributed by atoms with E-state index in [0.29, 0.717) is 22.3 Å². The van der Waals surface area contributed by atoms with Crippen LogP contribution >= 0.6 is 23.2 Å². The number of hydrogen-bond donors (Lipinski definition) is 0. The lowest BCUT2D eigenvalue weighted by Crippen LogP contribution is -2.45. The fourth-order valence-corrected chi connectivity index (χ4v) is 4.95. The predicted octanol–water partition coefficient (Wildman–Crippen LogP) is 6.70. The third kappa shape index (κ3) is 4.88. The van der Waals surface area contributed by atoms with Crippen molar-refractivity contribution in [1.82, 2.24) is 0 Å². The Morgan fingerprint density at radius 3 is 2.39 bits per heavy atom. The minimum absolute atomic E-state index is 0.0621. The summed E-state index contributed by atoms with van der Waals surface area (Å²) in [6, 6.07) is 11.5. The Kier molecular flexibility index (Phi) is 6.83. The van der Waals surface area contributed by atoms with Crippen molar-refractivity contribution in [3.63, 3.8) is 0 Å². The van der Waals surface area contributed by atoms with Crippen molar-refractivity contribution in [2.45, 2.75) is 51.5 Å². The third-order valence-corrected chi connectivity index (χ3v) is 6.60. The average molecular weight is 462 g/mol. The summed E-state index contributed by atoms with van der Waals surface area (Å²) in [5.74, 6) is -0.487. The quantitative estimate of drug-likeness (QED) is 0.474. The maximum Gasteiger partial charge on any atom is 0.275 e. The van der Waals surface area contributed by atoms with Gasteiger partial charge in [-0.15, -0.1) is 0 Å². The largest absolute Gasteiger partial charge is 0.304 e. The highest BCUT2D eigenvalue weighted by Gasteiger charge is 2.36. The first-order valence-corrected chi connectivity index (χ1v) is 11.6. The van der Waals surface area contributed by atoms with Crippen molar-refractivity contribution < 1.29 is 9.18 Å². The van der Waals surface area contributed by atoms with Gasteiger partial charge in [0.15, 0.2) is 0 Å². The number of carbonyl (C=O) groups is 1. The first-order chi connectivity index (χ1) is 14.9. The molecule has 2 aromatic rings. The molecule has 4 rings (SSSR count). The number of carbonyl (C=O) groups excluding carboxylic acids is 1. The van der Waals surface area contributed by atoms with Gasteiger partial charge in [0, 0.05) is 22.7 Å². The summed E-state index contributed by atoms with van der Waals surface area (Å²) in [7, 11) is 0. The normalized spacial score (nSPS) is 19.8. The molecule has 164 valence electrons. The molecule has 1 saturated carbocycles. The van der Waals surface area contributed by atoms with Crippen molar-refractivity contribution in [2.75, 3.05) is 16.5 Å². The highest BCUT2D eigenvalue weighted by atomic mass is 35.5. The van der Waals surface area contributed by atoms with E-state index in [-0.39, 0.29) is 23.7 Å². The maximum absolute atomic E-state index is 13.8. The number of benzene rings is 2. The molecule has 7 heteroatoms. The molecule has 0 aromatic heterocycles. The van der Waals surface area contributed by atoms with Gasteiger partial charge >= 0.3 is 0 Å². The van der Waals surface area contributed by atoms with Gasteiger partial charge in [-0.05, 0) is 55.3 Å². The fraction of sp³-hybridized carbons (Fsp3) is 0.417. The van der Waals surface area contributed by atoms with Gasteiger partial charge in [-0.3, -0.25) is 9.80 Å². The molecule has 0 radical (unpaired) electrons. The van der Waals surface area contributed by atoms with Crippen LogP contribution in [0.5, 0.6) is 0 Å². The molecule has 1 amide bonds. The van der Waals surface area contributed by atoms with E-state index in [2.05, 4.69) is 5.10 Å². The topological polar surface area (TPSA) is 35.9 Å². The SMILES string of the molecule is CC1CN(c2ccc(Cl)cc2Cl)N=C1C(=O)N(c1ccc(F)cc1)C1CCCCCC1. The van der Waals surface area contributed by atoms with Crippen LogP contribution in [0.1, 0.15) is 45.4 Å². The van der Waals surface area contributed by atoms with E-state index in [4.69, 9.17) is 23.2 Å². The lowest BCUT2D eigenvalue weighted by molar-refractivity contribution is -0.113. The van der Waals surface area contributed by atoms with E-state index in [0.717, 1.165) is 37.1 Å². The van der Waals surface area contributed by atoms with Crippen LogP contribution in [0.2, 0.25) is 10.0 Å². The van der Waals surface area contributed by atoms with E-state index in [1.807, 2.05) is 17.9 Å². The molecule has 1 fully saturated rings. The van der Waals surface area contributed by atoms with Crippen LogP contribution in [0, 0.1) is 11.7 Å². The Morgan fingerprint density at radius 2 is 1.74 bits per heavy atom. The van der Waals surface area contributed by atoms with E-state index in [1.165, 1.54) is 25.0 Å². The number of hydrazone groups is 1. The monoisotopic (exact) mass is 461 g/mol. The molecule has 1 aliphatic carbocycles. The standard InChI is InChI=1S/C24H26Cl2FN3O/c1-16-15-29(22-13-8-17(25)14-21(22)26)28-23(16)24(31)30(19-6-4-2-3-5-7-19)20-11-9-18(27)10-12-20/h8-14,16,19H,2-7,15H2,1H3. The lowest BCUT2D eigenvalue weighted by atomic mass is 10.0. The highest BCUT2D eigenvalue weighted by molar-refractivity contribution is 6.45. The summed E-state index contributed by atoms with van der Waals surface area (Å²) in [5, 5.41) is 7.49. The van der Waals surface area contributed by atoms with Crippen LogP contribution in [-0.2, 0) is 4.79 Å². The Labute approximate surface area is 192 Å². The molecule has 0 saturated heterocycles. The molecule has 2 aromatic carbocycles. The summed E-state index contributed by atoms with van der Waals surface area (Å²) in [6.45, 7) is 2.56. The highest BCUT2D eigenvalue weighted by Crippen LogP contribution is 2.33. The molecule has 1 atom stereocenters. The summed E-state index contributed by atoms with van der Waals surface area (Å²) < 4.78 is 13.6. The van der Waals surface area contributed by atoms with Gasteiger partial charge in [0.25, 0.3) is 5.91 Å². The van der Waals surface area contributed by atoms with Crippen LogP contribution in [0.25, 0.3) is 0 Å². The summed E-state index contributed by atoms with van der Waals surface area (Å²) in [6.07, 6.45) is 6.42. The van der Waals surface area contributed by atoms with Gasteiger partial charge in [-0.25, -0.2) is 4.39 Å². The number of rotatable bonds is 4. The predicted molar refractivity (Wildman–Crippen MR) is 126 cm³/mol. The number of nitrogens with zero attached hydrogens (tertiary/aromatic N) is 3. The first kappa shape index (κ1) is 22.1. The Hall–Kier alpha value is -2.11. The molecular weight excluding hydrogens is 436 g/mol. The Bertz CT molecular complexity index is 971. The summed E-state index contributed by atoms with van der Waals surface area (Å²) >= 11 is 12.4. The second-order valence-electron chi connectivity index (χ2n) is 8.36. The third-order valence-electron chi connectivity index (χ3n) is 6.06. The number of hydrogen-bond acceptors (Lipinski definition) is 3. The van der Waals surface area contributed by atoms with E-state index >= 15 is 0 Å². The van der Waals surface area contributed by atoms with E-state index < -0.39 is 0 Å². The minimum atomic E-state index is -0.313. The molecule has 1 unspecified atom stereocenters. The van der Waals surface area contributed by atoms with Crippen molar-refractivity contribution in [2.24, 2.45) is 11.0 Å². The smallest absolute Gasteiger partial charge is 0.275 e. The fourth-order valence-electron chi connectivity index (χ4n) is 4.45. The summed E-state index contributed by atoms with van der Waals surface area (Å²) in [5.41, 5.74) is 1.94.